The Morgan fingerprint density at radius 1 is 1.05 bits per heavy atom. The van der Waals surface area contributed by atoms with Crippen molar-refractivity contribution in [1.29, 1.82) is 0 Å². The highest BCUT2D eigenvalue weighted by molar-refractivity contribution is 5.88. The van der Waals surface area contributed by atoms with E-state index in [-0.39, 0.29) is 0 Å². The zero-order valence-corrected chi connectivity index (χ0v) is 13.5. The number of piperazine rings is 1. The second kappa shape index (κ2) is 6.02. The Balaban J connectivity index is 1.76. The van der Waals surface area contributed by atoms with Gasteiger partial charge in [-0.1, -0.05) is 49.2 Å². The fourth-order valence-electron chi connectivity index (χ4n) is 3.90. The molecule has 1 heterocycles. The Kier molecular flexibility index (Phi) is 3.89. The Labute approximate surface area is 133 Å². The lowest BCUT2D eigenvalue weighted by atomic mass is 9.92. The number of nitrogens with zero attached hydrogens (tertiary/aromatic N) is 1. The van der Waals surface area contributed by atoms with Crippen LogP contribution in [0.25, 0.3) is 10.8 Å². The van der Waals surface area contributed by atoms with Gasteiger partial charge in [0.1, 0.15) is 0 Å². The molecule has 1 atom stereocenters. The van der Waals surface area contributed by atoms with Gasteiger partial charge in [-0.15, -0.1) is 0 Å². The maximum Gasteiger partial charge on any atom is 0.0357 e. The first-order valence-electron chi connectivity index (χ1n) is 8.76. The maximum absolute atomic E-state index is 3.49. The third-order valence-electron chi connectivity index (χ3n) is 5.38. The summed E-state index contributed by atoms with van der Waals surface area (Å²) in [6.07, 6.45) is 4.21. The van der Waals surface area contributed by atoms with Crippen LogP contribution in [0.5, 0.6) is 0 Å². The van der Waals surface area contributed by atoms with E-state index in [9.17, 15) is 0 Å². The van der Waals surface area contributed by atoms with E-state index in [1.165, 1.54) is 48.7 Å². The van der Waals surface area contributed by atoms with E-state index in [1.807, 2.05) is 0 Å². The molecule has 1 aliphatic carbocycles. The zero-order chi connectivity index (χ0) is 14.9. The van der Waals surface area contributed by atoms with E-state index in [1.54, 1.807) is 5.56 Å². The molecule has 0 aromatic heterocycles. The van der Waals surface area contributed by atoms with Crippen molar-refractivity contribution >= 4 is 10.8 Å². The summed E-state index contributed by atoms with van der Waals surface area (Å²) in [5.74, 6) is 0.958. The van der Waals surface area contributed by atoms with Crippen LogP contribution in [-0.2, 0) is 0 Å². The zero-order valence-electron chi connectivity index (χ0n) is 13.5. The number of fused-ring (bicyclic) bond motifs is 1. The second-order valence-electron chi connectivity index (χ2n) is 7.00. The quantitative estimate of drug-likeness (QED) is 0.920. The van der Waals surface area contributed by atoms with E-state index in [4.69, 9.17) is 0 Å². The first-order valence-corrected chi connectivity index (χ1v) is 8.76. The molecule has 0 bridgehead atoms. The Bertz CT molecular complexity index is 654. The minimum absolute atomic E-state index is 0.597. The monoisotopic (exact) mass is 294 g/mol. The molecule has 0 unspecified atom stereocenters. The van der Waals surface area contributed by atoms with Crippen LogP contribution in [-0.4, -0.2) is 31.1 Å². The van der Waals surface area contributed by atoms with Crippen molar-refractivity contribution < 1.29 is 0 Å². The van der Waals surface area contributed by atoms with Gasteiger partial charge in [0.2, 0.25) is 0 Å². The molecule has 4 rings (SSSR count). The van der Waals surface area contributed by atoms with Crippen LogP contribution in [0.4, 0.5) is 0 Å². The van der Waals surface area contributed by atoms with Crippen molar-refractivity contribution in [2.24, 2.45) is 5.92 Å². The third-order valence-corrected chi connectivity index (χ3v) is 5.38. The second-order valence-corrected chi connectivity index (χ2v) is 7.00. The Morgan fingerprint density at radius 3 is 2.50 bits per heavy atom. The highest BCUT2D eigenvalue weighted by atomic mass is 15.2. The molecule has 1 saturated carbocycles. The molecular formula is C20H26N2. The van der Waals surface area contributed by atoms with E-state index < -0.39 is 0 Å². The molecule has 116 valence electrons. The topological polar surface area (TPSA) is 15.3 Å². The Morgan fingerprint density at radius 2 is 1.77 bits per heavy atom. The van der Waals surface area contributed by atoms with E-state index in [0.717, 1.165) is 19.0 Å². The van der Waals surface area contributed by atoms with E-state index in [2.05, 4.69) is 53.5 Å². The van der Waals surface area contributed by atoms with Gasteiger partial charge >= 0.3 is 0 Å². The summed E-state index contributed by atoms with van der Waals surface area (Å²) >= 11 is 0. The van der Waals surface area contributed by atoms with Gasteiger partial charge in [0.25, 0.3) is 0 Å². The third kappa shape index (κ3) is 2.78. The molecule has 2 aromatic rings. The van der Waals surface area contributed by atoms with Crippen LogP contribution < -0.4 is 5.32 Å². The van der Waals surface area contributed by atoms with Crippen LogP contribution in [0.3, 0.4) is 0 Å². The van der Waals surface area contributed by atoms with Crippen LogP contribution in [0, 0.1) is 12.8 Å². The molecule has 2 aliphatic rings. The first-order chi connectivity index (χ1) is 10.8. The number of hydrogen-bond donors (Lipinski definition) is 1. The molecule has 0 amide bonds. The minimum atomic E-state index is 0.597. The van der Waals surface area contributed by atoms with Crippen molar-refractivity contribution in [3.8, 4) is 0 Å². The van der Waals surface area contributed by atoms with Gasteiger partial charge in [0.15, 0.2) is 0 Å². The summed E-state index contributed by atoms with van der Waals surface area (Å²) in [6.45, 7) is 6.85. The highest BCUT2D eigenvalue weighted by Gasteiger charge is 2.31. The normalized spacial score (nSPS) is 21.1. The van der Waals surface area contributed by atoms with Gasteiger partial charge in [-0.25, -0.2) is 0 Å². The summed E-state index contributed by atoms with van der Waals surface area (Å²) in [5.41, 5.74) is 2.94. The van der Waals surface area contributed by atoms with Gasteiger partial charge in [0.05, 0.1) is 0 Å². The standard InChI is InChI=1S/C20H26N2/c1-15-6-9-19(18-5-3-2-4-17(15)18)20(14-16-7-8-16)22-12-10-21-11-13-22/h2-6,9,16,20-21H,7-8,10-14H2,1H3/t20-/m0/s1. The lowest BCUT2D eigenvalue weighted by Gasteiger charge is -2.36. The summed E-state index contributed by atoms with van der Waals surface area (Å²) in [6, 6.07) is 14.3. The van der Waals surface area contributed by atoms with Gasteiger partial charge in [-0.3, -0.25) is 4.90 Å². The predicted molar refractivity (Wildman–Crippen MR) is 93.2 cm³/mol. The smallest absolute Gasteiger partial charge is 0.0357 e. The average Bonchev–Trinajstić information content (AvgIpc) is 3.39. The lowest BCUT2D eigenvalue weighted by Crippen LogP contribution is -2.45. The molecule has 2 fully saturated rings. The molecule has 2 aromatic carbocycles. The van der Waals surface area contributed by atoms with Gasteiger partial charge < -0.3 is 5.32 Å². The molecular weight excluding hydrogens is 268 g/mol. The lowest BCUT2D eigenvalue weighted by molar-refractivity contribution is 0.161. The van der Waals surface area contributed by atoms with Crippen molar-refractivity contribution in [3.05, 3.63) is 47.5 Å². The number of nitrogens with one attached hydrogen (secondary N) is 1. The first kappa shape index (κ1) is 14.2. The molecule has 2 heteroatoms. The molecule has 1 saturated heterocycles. The number of benzene rings is 2. The highest BCUT2D eigenvalue weighted by Crippen LogP contribution is 2.42. The van der Waals surface area contributed by atoms with Gasteiger partial charge in [-0.2, -0.15) is 0 Å². The average molecular weight is 294 g/mol. The van der Waals surface area contributed by atoms with Crippen LogP contribution in [0.2, 0.25) is 0 Å². The van der Waals surface area contributed by atoms with E-state index in [0.29, 0.717) is 6.04 Å². The van der Waals surface area contributed by atoms with Crippen LogP contribution in [0.1, 0.15) is 36.4 Å². The number of rotatable bonds is 4. The summed E-state index contributed by atoms with van der Waals surface area (Å²) in [7, 11) is 0. The van der Waals surface area contributed by atoms with E-state index >= 15 is 0 Å². The summed E-state index contributed by atoms with van der Waals surface area (Å²) in [5, 5.41) is 6.39. The fraction of sp³-hybridized carbons (Fsp3) is 0.500. The number of hydrogen-bond acceptors (Lipinski definition) is 2. The van der Waals surface area contributed by atoms with Gasteiger partial charge in [-0.05, 0) is 41.2 Å². The predicted octanol–water partition coefficient (Wildman–Crippen LogP) is 3.89. The molecule has 0 spiro atoms. The van der Waals surface area contributed by atoms with Crippen LogP contribution >= 0.6 is 0 Å². The maximum atomic E-state index is 3.49. The molecule has 1 aliphatic heterocycles. The summed E-state index contributed by atoms with van der Waals surface area (Å²) < 4.78 is 0. The molecule has 22 heavy (non-hydrogen) atoms. The molecule has 0 radical (unpaired) electrons. The SMILES string of the molecule is Cc1ccc([C@H](CC2CC2)N2CCNCC2)c2ccccc12. The van der Waals surface area contributed by atoms with Gasteiger partial charge in [0, 0.05) is 32.2 Å². The number of aryl methyl sites for hydroxylation is 1. The fourth-order valence-corrected chi connectivity index (χ4v) is 3.90. The molecule has 1 N–H and O–H groups in total. The van der Waals surface area contributed by atoms with Crippen LogP contribution in [0.15, 0.2) is 36.4 Å². The van der Waals surface area contributed by atoms with Crippen molar-refractivity contribution in [2.75, 3.05) is 26.2 Å². The van der Waals surface area contributed by atoms with Crippen molar-refractivity contribution in [3.63, 3.8) is 0 Å². The molecule has 2 nitrogen and oxygen atoms in total. The largest absolute Gasteiger partial charge is 0.314 e. The Hall–Kier alpha value is -1.38. The minimum Gasteiger partial charge on any atom is -0.314 e. The van der Waals surface area contributed by atoms with Crippen molar-refractivity contribution in [2.45, 2.75) is 32.2 Å². The van der Waals surface area contributed by atoms with Crippen molar-refractivity contribution in [1.82, 2.24) is 10.2 Å². The summed E-state index contributed by atoms with van der Waals surface area (Å²) in [4.78, 5) is 2.71.